The lowest BCUT2D eigenvalue weighted by molar-refractivity contribution is 0.263. The lowest BCUT2D eigenvalue weighted by Crippen LogP contribution is -2.15. The molecular weight excluding hydrogens is 238 g/mol. The lowest BCUT2D eigenvalue weighted by Gasteiger charge is -2.16. The van der Waals surface area contributed by atoms with Crippen LogP contribution in [0.3, 0.4) is 0 Å². The summed E-state index contributed by atoms with van der Waals surface area (Å²) in [5, 5.41) is 3.43. The minimum atomic E-state index is 0.672. The van der Waals surface area contributed by atoms with Gasteiger partial charge in [0.1, 0.15) is 0 Å². The summed E-state index contributed by atoms with van der Waals surface area (Å²) in [5.41, 5.74) is 1.19. The summed E-state index contributed by atoms with van der Waals surface area (Å²) in [6.07, 6.45) is 3.75. The van der Waals surface area contributed by atoms with E-state index in [0.717, 1.165) is 43.5 Å². The number of ether oxygens (including phenoxy) is 2. The molecule has 1 aliphatic carbocycles. The zero-order valence-electron chi connectivity index (χ0n) is 12.1. The largest absolute Gasteiger partial charge is 0.490 e. The summed E-state index contributed by atoms with van der Waals surface area (Å²) in [4.78, 5) is 0. The number of hydrogen-bond donors (Lipinski definition) is 1. The number of benzene rings is 1. The monoisotopic (exact) mass is 263 g/mol. The highest BCUT2D eigenvalue weighted by molar-refractivity contribution is 5.46. The summed E-state index contributed by atoms with van der Waals surface area (Å²) < 4.78 is 11.7. The van der Waals surface area contributed by atoms with Crippen molar-refractivity contribution in [3.8, 4) is 11.5 Å². The second kappa shape index (κ2) is 7.39. The van der Waals surface area contributed by atoms with Crippen LogP contribution in [0.5, 0.6) is 11.5 Å². The molecule has 0 bridgehead atoms. The van der Waals surface area contributed by atoms with Crippen LogP contribution < -0.4 is 14.8 Å². The topological polar surface area (TPSA) is 30.5 Å². The van der Waals surface area contributed by atoms with Gasteiger partial charge in [-0.1, -0.05) is 19.1 Å². The van der Waals surface area contributed by atoms with Crippen LogP contribution in [-0.2, 0) is 6.54 Å². The van der Waals surface area contributed by atoms with Gasteiger partial charge in [0, 0.05) is 12.1 Å². The standard InChI is InChI=1S/C16H25NO2/c1-3-10-17-11-14-6-5-7-15(18-4-2)16(14)19-12-13-8-9-13/h5-7,13,17H,3-4,8-12H2,1-2H3. The highest BCUT2D eigenvalue weighted by Gasteiger charge is 2.23. The third-order valence-corrected chi connectivity index (χ3v) is 3.26. The molecule has 0 amide bonds. The van der Waals surface area contributed by atoms with E-state index in [0.29, 0.717) is 6.61 Å². The summed E-state index contributed by atoms with van der Waals surface area (Å²) in [5.74, 6) is 2.56. The molecule has 0 spiro atoms. The number of para-hydroxylation sites is 1. The average molecular weight is 263 g/mol. The Morgan fingerprint density at radius 2 is 2.05 bits per heavy atom. The van der Waals surface area contributed by atoms with Gasteiger partial charge < -0.3 is 14.8 Å². The third-order valence-electron chi connectivity index (χ3n) is 3.26. The number of nitrogens with one attached hydrogen (secondary N) is 1. The Hall–Kier alpha value is -1.22. The molecule has 1 saturated carbocycles. The molecule has 0 radical (unpaired) electrons. The first kappa shape index (κ1) is 14.2. The molecule has 3 nitrogen and oxygen atoms in total. The molecule has 0 atom stereocenters. The van der Waals surface area contributed by atoms with E-state index in [-0.39, 0.29) is 0 Å². The smallest absolute Gasteiger partial charge is 0.165 e. The fourth-order valence-corrected chi connectivity index (χ4v) is 2.02. The molecule has 106 valence electrons. The van der Waals surface area contributed by atoms with Crippen molar-refractivity contribution >= 4 is 0 Å². The first-order valence-electron chi connectivity index (χ1n) is 7.43. The molecule has 0 aromatic heterocycles. The van der Waals surface area contributed by atoms with E-state index in [1.807, 2.05) is 19.1 Å². The number of rotatable bonds is 9. The lowest BCUT2D eigenvalue weighted by atomic mass is 10.2. The van der Waals surface area contributed by atoms with Crippen molar-refractivity contribution in [2.24, 2.45) is 5.92 Å². The Labute approximate surface area is 116 Å². The minimum Gasteiger partial charge on any atom is -0.490 e. The van der Waals surface area contributed by atoms with Crippen molar-refractivity contribution < 1.29 is 9.47 Å². The van der Waals surface area contributed by atoms with Crippen molar-refractivity contribution in [1.82, 2.24) is 5.32 Å². The molecule has 0 unspecified atom stereocenters. The van der Waals surface area contributed by atoms with Gasteiger partial charge in [-0.2, -0.15) is 0 Å². The van der Waals surface area contributed by atoms with Gasteiger partial charge in [-0.25, -0.2) is 0 Å². The van der Waals surface area contributed by atoms with E-state index in [9.17, 15) is 0 Å². The molecule has 1 N–H and O–H groups in total. The highest BCUT2D eigenvalue weighted by atomic mass is 16.5. The van der Waals surface area contributed by atoms with Gasteiger partial charge in [0.2, 0.25) is 0 Å². The Morgan fingerprint density at radius 1 is 1.21 bits per heavy atom. The van der Waals surface area contributed by atoms with E-state index in [1.165, 1.54) is 18.4 Å². The van der Waals surface area contributed by atoms with Gasteiger partial charge in [-0.05, 0) is 44.7 Å². The molecule has 2 rings (SSSR count). The zero-order valence-corrected chi connectivity index (χ0v) is 12.1. The van der Waals surface area contributed by atoms with Crippen LogP contribution in [-0.4, -0.2) is 19.8 Å². The fraction of sp³-hybridized carbons (Fsp3) is 0.625. The van der Waals surface area contributed by atoms with Crippen molar-refractivity contribution in [2.45, 2.75) is 39.7 Å². The molecule has 1 aromatic rings. The van der Waals surface area contributed by atoms with Gasteiger partial charge in [0.05, 0.1) is 13.2 Å². The molecule has 0 heterocycles. The van der Waals surface area contributed by atoms with E-state index in [1.54, 1.807) is 0 Å². The Balaban J connectivity index is 2.05. The van der Waals surface area contributed by atoms with E-state index in [2.05, 4.69) is 18.3 Å². The van der Waals surface area contributed by atoms with E-state index >= 15 is 0 Å². The normalized spacial score (nSPS) is 14.4. The molecule has 0 saturated heterocycles. The average Bonchev–Trinajstić information content (AvgIpc) is 3.23. The quantitative estimate of drug-likeness (QED) is 0.693. The first-order chi connectivity index (χ1) is 9.35. The molecule has 1 aliphatic rings. The maximum atomic E-state index is 6.01. The predicted molar refractivity (Wildman–Crippen MR) is 77.8 cm³/mol. The maximum absolute atomic E-state index is 6.01. The van der Waals surface area contributed by atoms with Crippen LogP contribution >= 0.6 is 0 Å². The Bertz CT molecular complexity index is 388. The summed E-state index contributed by atoms with van der Waals surface area (Å²) >= 11 is 0. The minimum absolute atomic E-state index is 0.672. The van der Waals surface area contributed by atoms with Crippen LogP contribution in [0.25, 0.3) is 0 Å². The predicted octanol–water partition coefficient (Wildman–Crippen LogP) is 3.37. The molecular formula is C16H25NO2. The first-order valence-corrected chi connectivity index (χ1v) is 7.43. The third kappa shape index (κ3) is 4.43. The number of hydrogen-bond acceptors (Lipinski definition) is 3. The summed E-state index contributed by atoms with van der Waals surface area (Å²) in [7, 11) is 0. The van der Waals surface area contributed by atoms with E-state index in [4.69, 9.17) is 9.47 Å². The van der Waals surface area contributed by atoms with Crippen molar-refractivity contribution in [1.29, 1.82) is 0 Å². The fourth-order valence-electron chi connectivity index (χ4n) is 2.02. The van der Waals surface area contributed by atoms with Crippen LogP contribution in [0.4, 0.5) is 0 Å². The van der Waals surface area contributed by atoms with Crippen molar-refractivity contribution in [2.75, 3.05) is 19.8 Å². The molecule has 1 aromatic carbocycles. The molecule has 19 heavy (non-hydrogen) atoms. The second-order valence-corrected chi connectivity index (χ2v) is 5.11. The van der Waals surface area contributed by atoms with Crippen molar-refractivity contribution in [3.63, 3.8) is 0 Å². The Kier molecular flexibility index (Phi) is 5.52. The maximum Gasteiger partial charge on any atom is 0.165 e. The van der Waals surface area contributed by atoms with E-state index < -0.39 is 0 Å². The SMILES string of the molecule is CCCNCc1cccc(OCC)c1OCC1CC1. The van der Waals surface area contributed by atoms with Crippen LogP contribution in [0.1, 0.15) is 38.7 Å². The van der Waals surface area contributed by atoms with Gasteiger partial charge in [0.15, 0.2) is 11.5 Å². The van der Waals surface area contributed by atoms with Gasteiger partial charge >= 0.3 is 0 Å². The van der Waals surface area contributed by atoms with Gasteiger partial charge in [-0.3, -0.25) is 0 Å². The van der Waals surface area contributed by atoms with Crippen LogP contribution in [0, 0.1) is 5.92 Å². The highest BCUT2D eigenvalue weighted by Crippen LogP contribution is 2.35. The summed E-state index contributed by atoms with van der Waals surface area (Å²) in [6, 6.07) is 6.15. The van der Waals surface area contributed by atoms with Gasteiger partial charge in [-0.15, -0.1) is 0 Å². The molecule has 0 aliphatic heterocycles. The molecule has 3 heteroatoms. The molecule has 1 fully saturated rings. The second-order valence-electron chi connectivity index (χ2n) is 5.11. The van der Waals surface area contributed by atoms with Crippen LogP contribution in [0.15, 0.2) is 18.2 Å². The van der Waals surface area contributed by atoms with Gasteiger partial charge in [0.25, 0.3) is 0 Å². The zero-order chi connectivity index (χ0) is 13.5. The summed E-state index contributed by atoms with van der Waals surface area (Å²) in [6.45, 7) is 7.55. The van der Waals surface area contributed by atoms with Crippen LogP contribution in [0.2, 0.25) is 0 Å². The van der Waals surface area contributed by atoms with Crippen molar-refractivity contribution in [3.05, 3.63) is 23.8 Å². The Morgan fingerprint density at radius 3 is 2.74 bits per heavy atom.